The Morgan fingerprint density at radius 3 is 2.87 bits per heavy atom. The first-order valence-electron chi connectivity index (χ1n) is 7.96. The maximum Gasteiger partial charge on any atom is 0.286 e. The largest absolute Gasteiger partial charge is 0.348 e. The molecule has 2 fully saturated rings. The molecule has 1 aromatic carbocycles. The maximum absolute atomic E-state index is 13.0. The fraction of sp³-hybridized carbons (Fsp3) is 0.412. The highest BCUT2D eigenvalue weighted by molar-refractivity contribution is 8.18. The number of carbonyl (C=O) groups excluding carboxylic acids is 1. The zero-order valence-corrected chi connectivity index (χ0v) is 13.6. The summed E-state index contributed by atoms with van der Waals surface area (Å²) in [7, 11) is 0. The lowest BCUT2D eigenvalue weighted by Gasteiger charge is -2.38. The number of aliphatic imine (C=N–C) groups is 1. The van der Waals surface area contributed by atoms with Gasteiger partial charge in [0.2, 0.25) is 0 Å². The average Bonchev–Trinajstić information content (AvgIpc) is 3.16. The number of fused-ring (bicyclic) bond motifs is 1. The van der Waals surface area contributed by atoms with E-state index in [1.807, 2.05) is 0 Å². The third-order valence-electron chi connectivity index (χ3n) is 4.63. The number of piperazine rings is 1. The molecule has 23 heavy (non-hydrogen) atoms. The monoisotopic (exact) mass is 331 g/mol. The van der Waals surface area contributed by atoms with Gasteiger partial charge in [-0.3, -0.25) is 9.69 Å². The van der Waals surface area contributed by atoms with Gasteiger partial charge in [0, 0.05) is 25.7 Å². The summed E-state index contributed by atoms with van der Waals surface area (Å²) >= 11 is 1.43. The van der Waals surface area contributed by atoms with Crippen LogP contribution in [0.5, 0.6) is 0 Å². The number of nitrogens with zero attached hydrogens (tertiary/aromatic N) is 3. The Hall–Kier alpha value is -1.66. The Morgan fingerprint density at radius 1 is 1.22 bits per heavy atom. The summed E-state index contributed by atoms with van der Waals surface area (Å²) in [5.41, 5.74) is 0.819. The number of halogens is 1. The van der Waals surface area contributed by atoms with Gasteiger partial charge in [-0.2, -0.15) is 4.99 Å². The summed E-state index contributed by atoms with van der Waals surface area (Å²) in [5.74, 6) is -0.466. The van der Waals surface area contributed by atoms with E-state index in [0.717, 1.165) is 30.4 Å². The van der Waals surface area contributed by atoms with Crippen molar-refractivity contribution in [1.82, 2.24) is 9.80 Å². The van der Waals surface area contributed by atoms with Crippen LogP contribution in [-0.4, -0.2) is 53.1 Å². The summed E-state index contributed by atoms with van der Waals surface area (Å²) in [6, 6.07) is 6.75. The van der Waals surface area contributed by atoms with Crippen LogP contribution < -0.4 is 0 Å². The molecule has 1 atom stereocenters. The quantitative estimate of drug-likeness (QED) is 0.741. The molecule has 0 bridgehead atoms. The molecule has 0 spiro atoms. The third kappa shape index (κ3) is 3.05. The highest BCUT2D eigenvalue weighted by atomic mass is 32.2. The molecule has 3 aliphatic rings. The van der Waals surface area contributed by atoms with E-state index in [9.17, 15) is 9.18 Å². The van der Waals surface area contributed by atoms with Crippen molar-refractivity contribution in [2.24, 2.45) is 4.99 Å². The first kappa shape index (κ1) is 14.9. The normalized spacial score (nSPS) is 26.7. The number of benzene rings is 1. The predicted octanol–water partition coefficient (Wildman–Crippen LogP) is 2.58. The lowest BCUT2D eigenvalue weighted by molar-refractivity contribution is -0.113. The van der Waals surface area contributed by atoms with Gasteiger partial charge in [-0.15, -0.1) is 0 Å². The highest BCUT2D eigenvalue weighted by Crippen LogP contribution is 2.32. The molecule has 4 rings (SSSR count). The van der Waals surface area contributed by atoms with Crippen LogP contribution in [0.4, 0.5) is 4.39 Å². The van der Waals surface area contributed by atoms with Crippen molar-refractivity contribution in [2.45, 2.75) is 18.9 Å². The number of hydrogen-bond donors (Lipinski definition) is 0. The first-order valence-corrected chi connectivity index (χ1v) is 8.78. The number of rotatable bonds is 1. The van der Waals surface area contributed by atoms with Gasteiger partial charge in [0.15, 0.2) is 5.17 Å². The molecule has 4 nitrogen and oxygen atoms in total. The Labute approximate surface area is 139 Å². The highest BCUT2D eigenvalue weighted by Gasteiger charge is 2.34. The van der Waals surface area contributed by atoms with Gasteiger partial charge in [0.25, 0.3) is 5.91 Å². The minimum atomic E-state index is -0.274. The topological polar surface area (TPSA) is 35.9 Å². The summed E-state index contributed by atoms with van der Waals surface area (Å²) < 4.78 is 13.0. The van der Waals surface area contributed by atoms with Crippen LogP contribution in [0.1, 0.15) is 18.4 Å². The van der Waals surface area contributed by atoms with Crippen LogP contribution in [0, 0.1) is 5.82 Å². The molecule has 6 heteroatoms. The van der Waals surface area contributed by atoms with Gasteiger partial charge in [-0.05, 0) is 54.9 Å². The van der Waals surface area contributed by atoms with Crippen LogP contribution in [0.25, 0.3) is 6.08 Å². The van der Waals surface area contributed by atoms with Crippen molar-refractivity contribution >= 4 is 28.9 Å². The van der Waals surface area contributed by atoms with Gasteiger partial charge >= 0.3 is 0 Å². The van der Waals surface area contributed by atoms with Crippen molar-refractivity contribution in [3.8, 4) is 0 Å². The molecule has 1 unspecified atom stereocenters. The van der Waals surface area contributed by atoms with Gasteiger partial charge in [0.1, 0.15) is 5.82 Å². The zero-order valence-electron chi connectivity index (χ0n) is 12.7. The maximum atomic E-state index is 13.0. The fourth-order valence-electron chi connectivity index (χ4n) is 3.41. The van der Waals surface area contributed by atoms with E-state index in [1.54, 1.807) is 18.2 Å². The van der Waals surface area contributed by atoms with Crippen LogP contribution >= 0.6 is 11.8 Å². The molecule has 0 saturated carbocycles. The SMILES string of the molecule is O=C1N=C(N2CCN3CCCC3C2)SC1=Cc1ccc(F)cc1. The molecule has 3 heterocycles. The van der Waals surface area contributed by atoms with Crippen molar-refractivity contribution in [1.29, 1.82) is 0 Å². The van der Waals surface area contributed by atoms with E-state index >= 15 is 0 Å². The predicted molar refractivity (Wildman–Crippen MR) is 90.6 cm³/mol. The van der Waals surface area contributed by atoms with Gasteiger partial charge < -0.3 is 4.90 Å². The van der Waals surface area contributed by atoms with Gasteiger partial charge in [-0.1, -0.05) is 12.1 Å². The second-order valence-corrected chi connectivity index (χ2v) is 7.15. The molecule has 2 saturated heterocycles. The van der Waals surface area contributed by atoms with Crippen molar-refractivity contribution in [3.63, 3.8) is 0 Å². The molecular weight excluding hydrogens is 313 g/mol. The van der Waals surface area contributed by atoms with E-state index < -0.39 is 0 Å². The smallest absolute Gasteiger partial charge is 0.286 e. The second kappa shape index (κ2) is 6.09. The minimum Gasteiger partial charge on any atom is -0.348 e. The van der Waals surface area contributed by atoms with E-state index in [1.165, 1.54) is 43.3 Å². The van der Waals surface area contributed by atoms with Crippen LogP contribution in [0.15, 0.2) is 34.2 Å². The van der Waals surface area contributed by atoms with Crippen LogP contribution in [0.2, 0.25) is 0 Å². The molecule has 0 aromatic heterocycles. The lowest BCUT2D eigenvalue weighted by atomic mass is 10.2. The molecule has 1 aromatic rings. The molecule has 3 aliphatic heterocycles. The Kier molecular flexibility index (Phi) is 3.95. The molecule has 0 radical (unpaired) electrons. The summed E-state index contributed by atoms with van der Waals surface area (Å²) in [6.07, 6.45) is 4.29. The average molecular weight is 331 g/mol. The number of thioether (sulfide) groups is 1. The number of hydrogen-bond acceptors (Lipinski definition) is 4. The molecule has 1 amide bonds. The molecular formula is C17H18FN3OS. The standard InChI is InChI=1S/C17H18FN3OS/c18-13-5-3-12(4-6-13)10-15-16(22)19-17(23-15)21-9-8-20-7-1-2-14(20)11-21/h3-6,10,14H,1-2,7-9,11H2. The van der Waals surface area contributed by atoms with Gasteiger partial charge in [0.05, 0.1) is 4.91 Å². The lowest BCUT2D eigenvalue weighted by Crippen LogP contribution is -2.51. The zero-order chi connectivity index (χ0) is 15.8. The molecule has 0 N–H and O–H groups in total. The van der Waals surface area contributed by atoms with E-state index in [4.69, 9.17) is 0 Å². The second-order valence-electron chi connectivity index (χ2n) is 6.14. The van der Waals surface area contributed by atoms with E-state index in [0.29, 0.717) is 10.9 Å². The Balaban J connectivity index is 1.47. The van der Waals surface area contributed by atoms with Crippen molar-refractivity contribution in [3.05, 3.63) is 40.6 Å². The Bertz CT molecular complexity index is 686. The van der Waals surface area contributed by atoms with Crippen LogP contribution in [-0.2, 0) is 4.79 Å². The molecule has 120 valence electrons. The minimum absolute atomic E-state index is 0.192. The summed E-state index contributed by atoms with van der Waals surface area (Å²) in [5, 5.41) is 0.815. The number of carbonyl (C=O) groups is 1. The van der Waals surface area contributed by atoms with E-state index in [2.05, 4.69) is 14.8 Å². The number of amidine groups is 1. The third-order valence-corrected chi connectivity index (χ3v) is 5.68. The fourth-order valence-corrected chi connectivity index (χ4v) is 4.36. The van der Waals surface area contributed by atoms with Crippen molar-refractivity contribution < 1.29 is 9.18 Å². The Morgan fingerprint density at radius 2 is 2.04 bits per heavy atom. The van der Waals surface area contributed by atoms with Crippen LogP contribution in [0.3, 0.4) is 0 Å². The van der Waals surface area contributed by atoms with Crippen molar-refractivity contribution in [2.75, 3.05) is 26.2 Å². The molecule has 0 aliphatic carbocycles. The summed E-state index contributed by atoms with van der Waals surface area (Å²) in [6.45, 7) is 4.14. The number of amides is 1. The summed E-state index contributed by atoms with van der Waals surface area (Å²) in [4.78, 5) is 21.7. The first-order chi connectivity index (χ1) is 11.2. The van der Waals surface area contributed by atoms with Gasteiger partial charge in [-0.25, -0.2) is 4.39 Å². The van der Waals surface area contributed by atoms with E-state index in [-0.39, 0.29) is 11.7 Å².